The number of nitrogens with zero attached hydrogens (tertiary/aromatic N) is 1. The fraction of sp³-hybridized carbons (Fsp3) is 0.100. The van der Waals surface area contributed by atoms with Gasteiger partial charge in [-0.3, -0.25) is 14.4 Å². The number of hydrogen-bond donors (Lipinski definition) is 2. The van der Waals surface area contributed by atoms with Gasteiger partial charge in [-0.2, -0.15) is 0 Å². The number of benzene rings is 1. The molecule has 1 radical (unpaired) electrons. The third-order valence-corrected chi connectivity index (χ3v) is 2.08. The fourth-order valence-electron chi connectivity index (χ4n) is 1.40. The van der Waals surface area contributed by atoms with Crippen molar-refractivity contribution in [2.75, 3.05) is 5.32 Å². The van der Waals surface area contributed by atoms with Crippen LogP contribution in [0.1, 0.15) is 5.56 Å². The molecule has 0 saturated carbocycles. The van der Waals surface area contributed by atoms with Gasteiger partial charge in [0.15, 0.2) is 0 Å². The molecule has 6 nitrogen and oxygen atoms in total. The van der Waals surface area contributed by atoms with Gasteiger partial charge in [0.25, 0.3) is 0 Å². The minimum Gasteiger partial charge on any atom is -0.481 e. The standard InChI is InChI=1S/C10H7N2O4/c13-8(14)4-5-1-2-6-7(3-5)12-10(16)9(15)11-6/h1-3H,4H2,(H,11,15)(H,13,14). The molecule has 0 fully saturated rings. The molecule has 2 amide bonds. The van der Waals surface area contributed by atoms with Crippen molar-refractivity contribution in [1.82, 2.24) is 5.32 Å². The van der Waals surface area contributed by atoms with Crippen molar-refractivity contribution < 1.29 is 19.5 Å². The summed E-state index contributed by atoms with van der Waals surface area (Å²) in [5.74, 6) is -2.62. The molecule has 1 aliphatic heterocycles. The molecule has 0 unspecified atom stereocenters. The SMILES string of the molecule is O=C(O)Cc1ccc2c(c1)[N]C(=O)C(=O)N2. The Balaban J connectivity index is 2.32. The van der Waals surface area contributed by atoms with Gasteiger partial charge >= 0.3 is 17.8 Å². The fourth-order valence-corrected chi connectivity index (χ4v) is 1.40. The third kappa shape index (κ3) is 1.85. The van der Waals surface area contributed by atoms with E-state index in [1.807, 2.05) is 0 Å². The average Bonchev–Trinajstić information content (AvgIpc) is 2.19. The van der Waals surface area contributed by atoms with Gasteiger partial charge < -0.3 is 10.4 Å². The first-order valence-corrected chi connectivity index (χ1v) is 4.48. The molecule has 1 heterocycles. The van der Waals surface area contributed by atoms with Crippen LogP contribution in [-0.4, -0.2) is 22.9 Å². The van der Waals surface area contributed by atoms with Crippen LogP contribution in [0.2, 0.25) is 0 Å². The number of hydrogen-bond acceptors (Lipinski definition) is 3. The lowest BCUT2D eigenvalue weighted by molar-refractivity contribution is -0.136. The maximum atomic E-state index is 11.0. The number of carbonyl (C=O) groups excluding carboxylic acids is 2. The molecule has 0 atom stereocenters. The largest absolute Gasteiger partial charge is 0.481 e. The summed E-state index contributed by atoms with van der Waals surface area (Å²) in [6, 6.07) is 4.57. The highest BCUT2D eigenvalue weighted by atomic mass is 16.4. The molecular formula is C10H7N2O4. The summed E-state index contributed by atoms with van der Waals surface area (Å²) < 4.78 is 0. The molecule has 0 saturated heterocycles. The number of rotatable bonds is 2. The minimum atomic E-state index is -0.967. The Morgan fingerprint density at radius 1 is 1.38 bits per heavy atom. The topological polar surface area (TPSA) is 97.6 Å². The van der Waals surface area contributed by atoms with Crippen LogP contribution in [0.4, 0.5) is 11.4 Å². The summed E-state index contributed by atoms with van der Waals surface area (Å²) in [5.41, 5.74) is 1.24. The first-order chi connectivity index (χ1) is 7.56. The molecule has 0 aliphatic carbocycles. The quantitative estimate of drug-likeness (QED) is 0.685. The number of aliphatic carboxylic acids is 1. The highest BCUT2D eigenvalue weighted by molar-refractivity contribution is 6.42. The van der Waals surface area contributed by atoms with Gasteiger partial charge in [0.05, 0.1) is 17.8 Å². The van der Waals surface area contributed by atoms with Crippen LogP contribution in [0.25, 0.3) is 0 Å². The summed E-state index contributed by atoms with van der Waals surface area (Å²) in [7, 11) is 0. The van der Waals surface area contributed by atoms with E-state index < -0.39 is 17.8 Å². The predicted molar refractivity (Wildman–Crippen MR) is 53.2 cm³/mol. The number of amides is 2. The lowest BCUT2D eigenvalue weighted by atomic mass is 10.1. The Morgan fingerprint density at radius 3 is 2.81 bits per heavy atom. The van der Waals surface area contributed by atoms with Gasteiger partial charge in [-0.1, -0.05) is 6.07 Å². The number of fused-ring (bicyclic) bond motifs is 1. The highest BCUT2D eigenvalue weighted by Gasteiger charge is 2.24. The van der Waals surface area contributed by atoms with E-state index >= 15 is 0 Å². The lowest BCUT2D eigenvalue weighted by Gasteiger charge is -2.15. The molecular weight excluding hydrogens is 212 g/mol. The Morgan fingerprint density at radius 2 is 2.12 bits per heavy atom. The Bertz CT molecular complexity index is 496. The summed E-state index contributed by atoms with van der Waals surface area (Å²) in [6.07, 6.45) is -0.148. The lowest BCUT2D eigenvalue weighted by Crippen LogP contribution is -2.33. The zero-order valence-electron chi connectivity index (χ0n) is 8.06. The van der Waals surface area contributed by atoms with Crippen molar-refractivity contribution in [3.8, 4) is 0 Å². The van der Waals surface area contributed by atoms with Crippen molar-refractivity contribution in [3.05, 3.63) is 23.8 Å². The first-order valence-electron chi connectivity index (χ1n) is 4.48. The van der Waals surface area contributed by atoms with Gasteiger partial charge in [-0.25, -0.2) is 5.32 Å². The maximum absolute atomic E-state index is 11.0. The number of anilines is 1. The van der Waals surface area contributed by atoms with Gasteiger partial charge in [0.1, 0.15) is 0 Å². The second-order valence-corrected chi connectivity index (χ2v) is 3.29. The maximum Gasteiger partial charge on any atom is 0.335 e. The van der Waals surface area contributed by atoms with E-state index in [0.29, 0.717) is 16.9 Å². The number of carbonyl (C=O) groups is 3. The molecule has 1 aromatic carbocycles. The molecule has 0 bridgehead atoms. The minimum absolute atomic E-state index is 0.148. The number of carboxylic acids is 1. The van der Waals surface area contributed by atoms with Crippen molar-refractivity contribution >= 4 is 29.2 Å². The molecule has 81 valence electrons. The van der Waals surface area contributed by atoms with Crippen LogP contribution in [-0.2, 0) is 20.8 Å². The van der Waals surface area contributed by atoms with E-state index in [-0.39, 0.29) is 6.42 Å². The van der Waals surface area contributed by atoms with E-state index in [4.69, 9.17) is 5.11 Å². The van der Waals surface area contributed by atoms with E-state index in [0.717, 1.165) is 0 Å². The van der Waals surface area contributed by atoms with Crippen LogP contribution in [0.15, 0.2) is 18.2 Å². The van der Waals surface area contributed by atoms with Gasteiger partial charge in [0.2, 0.25) is 0 Å². The summed E-state index contributed by atoms with van der Waals surface area (Å²) in [6.45, 7) is 0. The van der Waals surface area contributed by atoms with Crippen molar-refractivity contribution in [3.63, 3.8) is 0 Å². The summed E-state index contributed by atoms with van der Waals surface area (Å²) in [5, 5.41) is 14.5. The normalized spacial score (nSPS) is 13.8. The van der Waals surface area contributed by atoms with E-state index in [9.17, 15) is 14.4 Å². The van der Waals surface area contributed by atoms with E-state index in [1.54, 1.807) is 6.07 Å². The Labute approximate surface area is 90.3 Å². The average molecular weight is 219 g/mol. The molecule has 1 aliphatic rings. The van der Waals surface area contributed by atoms with Crippen LogP contribution in [0, 0.1) is 0 Å². The zero-order valence-corrected chi connectivity index (χ0v) is 8.06. The Kier molecular flexibility index (Phi) is 2.32. The molecule has 1 aromatic rings. The smallest absolute Gasteiger partial charge is 0.335 e. The molecule has 2 N–H and O–H groups in total. The number of carboxylic acid groups (broad SMARTS) is 1. The molecule has 6 heteroatoms. The second-order valence-electron chi connectivity index (χ2n) is 3.29. The summed E-state index contributed by atoms with van der Waals surface area (Å²) in [4.78, 5) is 32.5. The van der Waals surface area contributed by atoms with Gasteiger partial charge in [-0.05, 0) is 17.7 Å². The molecule has 0 aromatic heterocycles. The van der Waals surface area contributed by atoms with Crippen molar-refractivity contribution in [2.45, 2.75) is 6.42 Å². The van der Waals surface area contributed by atoms with Gasteiger partial charge in [-0.15, -0.1) is 0 Å². The molecule has 16 heavy (non-hydrogen) atoms. The monoisotopic (exact) mass is 219 g/mol. The van der Waals surface area contributed by atoms with Crippen molar-refractivity contribution in [2.24, 2.45) is 0 Å². The predicted octanol–water partition coefficient (Wildman–Crippen LogP) is 0.0283. The van der Waals surface area contributed by atoms with Crippen LogP contribution in [0.3, 0.4) is 0 Å². The third-order valence-electron chi connectivity index (χ3n) is 2.08. The van der Waals surface area contributed by atoms with Crippen LogP contribution >= 0.6 is 0 Å². The van der Waals surface area contributed by atoms with Gasteiger partial charge in [0, 0.05) is 0 Å². The van der Waals surface area contributed by atoms with Crippen LogP contribution in [0.5, 0.6) is 0 Å². The summed E-state index contributed by atoms with van der Waals surface area (Å²) >= 11 is 0. The van der Waals surface area contributed by atoms with Crippen LogP contribution < -0.4 is 10.6 Å². The molecule has 0 spiro atoms. The second kappa shape index (κ2) is 3.65. The number of nitrogens with one attached hydrogen (secondary N) is 1. The van der Waals surface area contributed by atoms with E-state index in [2.05, 4.69) is 10.6 Å². The first kappa shape index (κ1) is 10.2. The molecule has 2 rings (SSSR count). The Hall–Kier alpha value is -2.37. The van der Waals surface area contributed by atoms with E-state index in [1.165, 1.54) is 12.1 Å². The highest BCUT2D eigenvalue weighted by Crippen LogP contribution is 2.26. The zero-order chi connectivity index (χ0) is 11.7. The van der Waals surface area contributed by atoms with Crippen molar-refractivity contribution in [1.29, 1.82) is 0 Å².